The lowest BCUT2D eigenvalue weighted by atomic mass is 10.1. The summed E-state index contributed by atoms with van der Waals surface area (Å²) in [4.78, 5) is 2.19. The molecule has 2 aromatic carbocycles. The van der Waals surface area contributed by atoms with Crippen LogP contribution in [-0.2, 0) is 13.2 Å². The van der Waals surface area contributed by atoms with Gasteiger partial charge in [-0.15, -0.1) is 0 Å². The first-order chi connectivity index (χ1) is 11.0. The van der Waals surface area contributed by atoms with Crippen molar-refractivity contribution in [3.63, 3.8) is 0 Å². The van der Waals surface area contributed by atoms with E-state index in [9.17, 15) is 4.39 Å². The molecule has 124 valence electrons. The molecule has 3 nitrogen and oxygen atoms in total. The highest BCUT2D eigenvalue weighted by atomic mass is 19.1. The van der Waals surface area contributed by atoms with Gasteiger partial charge in [-0.25, -0.2) is 4.39 Å². The van der Waals surface area contributed by atoms with Crippen LogP contribution in [0, 0.1) is 5.82 Å². The summed E-state index contributed by atoms with van der Waals surface area (Å²) in [6, 6.07) is 13.5. The van der Waals surface area contributed by atoms with Crippen molar-refractivity contribution in [1.82, 2.24) is 5.32 Å². The fourth-order valence-corrected chi connectivity index (χ4v) is 2.45. The molecule has 0 fully saturated rings. The summed E-state index contributed by atoms with van der Waals surface area (Å²) in [6.45, 7) is 5.56. The highest BCUT2D eigenvalue weighted by Gasteiger charge is 2.07. The Morgan fingerprint density at radius 2 is 1.87 bits per heavy atom. The van der Waals surface area contributed by atoms with E-state index in [0.29, 0.717) is 12.1 Å². The number of hydrogen-bond donors (Lipinski definition) is 2. The van der Waals surface area contributed by atoms with E-state index in [1.165, 1.54) is 17.3 Å². The second kappa shape index (κ2) is 8.09. The van der Waals surface area contributed by atoms with Gasteiger partial charge in [-0.05, 0) is 49.2 Å². The van der Waals surface area contributed by atoms with Gasteiger partial charge in [-0.3, -0.25) is 0 Å². The second-order valence-corrected chi connectivity index (χ2v) is 5.79. The van der Waals surface area contributed by atoms with E-state index in [4.69, 9.17) is 5.11 Å². The normalized spacial score (nSPS) is 12.2. The van der Waals surface area contributed by atoms with Crippen LogP contribution in [0.5, 0.6) is 0 Å². The Hall–Kier alpha value is -1.91. The first-order valence-corrected chi connectivity index (χ1v) is 7.97. The molecule has 23 heavy (non-hydrogen) atoms. The minimum absolute atomic E-state index is 0.193. The molecule has 0 aliphatic carbocycles. The van der Waals surface area contributed by atoms with Crippen LogP contribution in [0.25, 0.3) is 0 Å². The van der Waals surface area contributed by atoms with Gasteiger partial charge < -0.3 is 15.3 Å². The van der Waals surface area contributed by atoms with E-state index in [1.54, 1.807) is 12.1 Å². The van der Waals surface area contributed by atoms with Crippen molar-refractivity contribution in [1.29, 1.82) is 0 Å². The maximum Gasteiger partial charge on any atom is 0.128 e. The van der Waals surface area contributed by atoms with Gasteiger partial charge >= 0.3 is 0 Å². The number of nitrogens with zero attached hydrogens (tertiary/aromatic N) is 1. The topological polar surface area (TPSA) is 35.5 Å². The van der Waals surface area contributed by atoms with E-state index >= 15 is 0 Å². The van der Waals surface area contributed by atoms with E-state index in [-0.39, 0.29) is 18.5 Å². The number of anilines is 1. The van der Waals surface area contributed by atoms with Crippen molar-refractivity contribution < 1.29 is 9.50 Å². The van der Waals surface area contributed by atoms with E-state index in [1.807, 2.05) is 0 Å². The zero-order chi connectivity index (χ0) is 16.8. The number of aliphatic hydroxyl groups is 1. The van der Waals surface area contributed by atoms with Gasteiger partial charge in [0.2, 0.25) is 0 Å². The molecule has 2 N–H and O–H groups in total. The third-order valence-electron chi connectivity index (χ3n) is 4.20. The van der Waals surface area contributed by atoms with Gasteiger partial charge in [0, 0.05) is 37.4 Å². The third kappa shape index (κ3) is 4.53. The van der Waals surface area contributed by atoms with Crippen LogP contribution in [-0.4, -0.2) is 18.7 Å². The second-order valence-electron chi connectivity index (χ2n) is 5.79. The van der Waals surface area contributed by atoms with Crippen LogP contribution < -0.4 is 10.2 Å². The Morgan fingerprint density at radius 3 is 2.48 bits per heavy atom. The summed E-state index contributed by atoms with van der Waals surface area (Å²) in [5.41, 5.74) is 3.71. The smallest absolute Gasteiger partial charge is 0.128 e. The molecule has 0 aliphatic rings. The molecule has 0 aliphatic heterocycles. The summed E-state index contributed by atoms with van der Waals surface area (Å²) in [5, 5.41) is 12.6. The SMILES string of the molecule is CCN(C)c1ccc(C(C)NCc2ccc(F)c(CO)c2)cc1. The minimum atomic E-state index is -0.361. The Bertz CT molecular complexity index is 628. The van der Waals surface area contributed by atoms with Crippen molar-refractivity contribution in [2.45, 2.75) is 33.0 Å². The predicted octanol–water partition coefficient (Wildman–Crippen LogP) is 3.62. The fraction of sp³-hybridized carbons (Fsp3) is 0.368. The van der Waals surface area contributed by atoms with Crippen molar-refractivity contribution in [2.75, 3.05) is 18.5 Å². The molecule has 2 rings (SSSR count). The number of rotatable bonds is 7. The zero-order valence-corrected chi connectivity index (χ0v) is 14.0. The van der Waals surface area contributed by atoms with Gasteiger partial charge in [0.1, 0.15) is 5.82 Å². The molecule has 0 spiro atoms. The Kier molecular flexibility index (Phi) is 6.13. The number of benzene rings is 2. The van der Waals surface area contributed by atoms with Crippen LogP contribution >= 0.6 is 0 Å². The van der Waals surface area contributed by atoms with E-state index < -0.39 is 0 Å². The Balaban J connectivity index is 1.98. The average Bonchev–Trinajstić information content (AvgIpc) is 2.60. The molecule has 0 saturated heterocycles. The zero-order valence-electron chi connectivity index (χ0n) is 14.0. The lowest BCUT2D eigenvalue weighted by Crippen LogP contribution is -2.19. The van der Waals surface area contributed by atoms with Crippen LogP contribution in [0.3, 0.4) is 0 Å². The third-order valence-corrected chi connectivity index (χ3v) is 4.20. The lowest BCUT2D eigenvalue weighted by molar-refractivity contribution is 0.275. The van der Waals surface area contributed by atoms with Crippen LogP contribution in [0.1, 0.15) is 36.6 Å². The first kappa shape index (κ1) is 17.4. The van der Waals surface area contributed by atoms with Crippen molar-refractivity contribution in [2.24, 2.45) is 0 Å². The van der Waals surface area contributed by atoms with Crippen molar-refractivity contribution in [3.8, 4) is 0 Å². The monoisotopic (exact) mass is 316 g/mol. The molecule has 0 bridgehead atoms. The summed E-state index contributed by atoms with van der Waals surface area (Å²) in [6.07, 6.45) is 0. The molecule has 0 aromatic heterocycles. The van der Waals surface area contributed by atoms with Crippen molar-refractivity contribution in [3.05, 3.63) is 65.0 Å². The van der Waals surface area contributed by atoms with E-state index in [2.05, 4.69) is 55.4 Å². The molecular formula is C19H25FN2O. The average molecular weight is 316 g/mol. The van der Waals surface area contributed by atoms with Crippen LogP contribution in [0.4, 0.5) is 10.1 Å². The Morgan fingerprint density at radius 1 is 1.17 bits per heavy atom. The van der Waals surface area contributed by atoms with Crippen LogP contribution in [0.2, 0.25) is 0 Å². The Labute approximate surface area is 137 Å². The molecule has 1 unspecified atom stereocenters. The molecule has 4 heteroatoms. The van der Waals surface area contributed by atoms with Gasteiger partial charge in [0.25, 0.3) is 0 Å². The van der Waals surface area contributed by atoms with E-state index in [0.717, 1.165) is 12.1 Å². The molecule has 0 amide bonds. The molecule has 0 saturated carbocycles. The maximum absolute atomic E-state index is 13.4. The summed E-state index contributed by atoms with van der Waals surface area (Å²) in [5.74, 6) is -0.361. The molecule has 2 aromatic rings. The highest BCUT2D eigenvalue weighted by Crippen LogP contribution is 2.19. The summed E-state index contributed by atoms with van der Waals surface area (Å²) in [7, 11) is 2.07. The molecular weight excluding hydrogens is 291 g/mol. The lowest BCUT2D eigenvalue weighted by Gasteiger charge is -2.19. The molecule has 0 radical (unpaired) electrons. The largest absolute Gasteiger partial charge is 0.392 e. The number of aliphatic hydroxyl groups excluding tert-OH is 1. The van der Waals surface area contributed by atoms with Gasteiger partial charge in [-0.1, -0.05) is 18.2 Å². The first-order valence-electron chi connectivity index (χ1n) is 7.97. The predicted molar refractivity (Wildman–Crippen MR) is 93.0 cm³/mol. The summed E-state index contributed by atoms with van der Waals surface area (Å²) >= 11 is 0. The highest BCUT2D eigenvalue weighted by molar-refractivity contribution is 5.47. The quantitative estimate of drug-likeness (QED) is 0.819. The van der Waals surface area contributed by atoms with Gasteiger partial charge in [0.15, 0.2) is 0 Å². The maximum atomic E-state index is 13.4. The molecule has 0 heterocycles. The standard InChI is InChI=1S/C19H25FN2O/c1-4-22(3)18-8-6-16(7-9-18)14(2)21-12-15-5-10-19(20)17(11-15)13-23/h5-11,14,21,23H,4,12-13H2,1-3H3. The number of halogens is 1. The minimum Gasteiger partial charge on any atom is -0.392 e. The van der Waals surface area contributed by atoms with Crippen LogP contribution in [0.15, 0.2) is 42.5 Å². The fourth-order valence-electron chi connectivity index (χ4n) is 2.45. The van der Waals surface area contributed by atoms with Gasteiger partial charge in [-0.2, -0.15) is 0 Å². The number of hydrogen-bond acceptors (Lipinski definition) is 3. The van der Waals surface area contributed by atoms with Crippen molar-refractivity contribution >= 4 is 5.69 Å². The van der Waals surface area contributed by atoms with Gasteiger partial charge in [0.05, 0.1) is 6.61 Å². The number of nitrogens with one attached hydrogen (secondary N) is 1. The summed E-state index contributed by atoms with van der Waals surface area (Å²) < 4.78 is 13.4. The molecule has 1 atom stereocenters.